The van der Waals surface area contributed by atoms with Gasteiger partial charge in [0.1, 0.15) is 5.69 Å². The van der Waals surface area contributed by atoms with Crippen LogP contribution in [0.1, 0.15) is 5.56 Å². The van der Waals surface area contributed by atoms with Gasteiger partial charge in [-0.15, -0.1) is 4.40 Å². The maximum Gasteiger partial charge on any atom is 0.416 e. The number of alkyl halides is 3. The van der Waals surface area contributed by atoms with Crippen LogP contribution in [0.15, 0.2) is 46.5 Å². The molecule has 0 aliphatic carbocycles. The Balaban J connectivity index is 1.51. The van der Waals surface area contributed by atoms with Crippen molar-refractivity contribution < 1.29 is 31.3 Å². The van der Waals surface area contributed by atoms with Crippen LogP contribution in [0.25, 0.3) is 0 Å². The SMILES string of the molecule is O=C(C1=CC=CN2CCS(=O)(=O)N=C12)N1CCN(c2ccc(C(F)(F)F)cc2[N+](=O)[O-])CC1. The van der Waals surface area contributed by atoms with Crippen molar-refractivity contribution in [1.82, 2.24) is 9.80 Å². The fourth-order valence-corrected chi connectivity index (χ4v) is 4.80. The minimum Gasteiger partial charge on any atom is -0.362 e. The standard InChI is InChI=1S/C19H18F3N5O5S/c20-19(21,22)13-3-4-15(16(12-13)27(29)30)24-6-8-26(9-7-24)18(28)14-2-1-5-25-10-11-33(31,32)23-17(14)25/h1-5,12H,6-11H2. The molecule has 0 unspecified atom stereocenters. The minimum atomic E-state index is -4.71. The number of nitro groups is 1. The molecule has 0 spiro atoms. The predicted molar refractivity (Wildman–Crippen MR) is 112 cm³/mol. The zero-order chi connectivity index (χ0) is 24.0. The Kier molecular flexibility index (Phi) is 5.64. The van der Waals surface area contributed by atoms with Crippen molar-refractivity contribution in [3.8, 4) is 0 Å². The Hall–Kier alpha value is -3.42. The van der Waals surface area contributed by atoms with Crippen molar-refractivity contribution in [3.05, 3.63) is 57.8 Å². The quantitative estimate of drug-likeness (QED) is 0.473. The van der Waals surface area contributed by atoms with E-state index in [2.05, 4.69) is 4.40 Å². The number of amidine groups is 1. The third-order valence-corrected chi connectivity index (χ3v) is 6.64. The van der Waals surface area contributed by atoms with Gasteiger partial charge >= 0.3 is 6.18 Å². The van der Waals surface area contributed by atoms with E-state index in [4.69, 9.17) is 0 Å². The largest absolute Gasteiger partial charge is 0.416 e. The van der Waals surface area contributed by atoms with Gasteiger partial charge in [-0.3, -0.25) is 14.9 Å². The second kappa shape index (κ2) is 8.17. The van der Waals surface area contributed by atoms with Crippen LogP contribution in [0, 0.1) is 10.1 Å². The summed E-state index contributed by atoms with van der Waals surface area (Å²) in [6, 6.07) is 2.35. The van der Waals surface area contributed by atoms with Crippen LogP contribution in [0.5, 0.6) is 0 Å². The number of halogens is 3. The predicted octanol–water partition coefficient (Wildman–Crippen LogP) is 1.76. The zero-order valence-corrected chi connectivity index (χ0v) is 17.8. The van der Waals surface area contributed by atoms with Gasteiger partial charge in [0, 0.05) is 45.0 Å². The number of rotatable bonds is 3. The lowest BCUT2D eigenvalue weighted by Gasteiger charge is -2.37. The summed E-state index contributed by atoms with van der Waals surface area (Å²) in [7, 11) is -3.67. The van der Waals surface area contributed by atoms with Gasteiger partial charge in [-0.05, 0) is 24.3 Å². The topological polar surface area (TPSA) is 116 Å². The van der Waals surface area contributed by atoms with Crippen LogP contribution < -0.4 is 4.90 Å². The smallest absolute Gasteiger partial charge is 0.362 e. The highest BCUT2D eigenvalue weighted by molar-refractivity contribution is 7.90. The number of benzene rings is 1. The third kappa shape index (κ3) is 4.55. The lowest BCUT2D eigenvalue weighted by Crippen LogP contribution is -2.51. The molecule has 1 aromatic rings. The number of carbonyl (C=O) groups excluding carboxylic acids is 1. The van der Waals surface area contributed by atoms with E-state index in [0.717, 1.165) is 12.1 Å². The first kappa shape index (κ1) is 22.8. The lowest BCUT2D eigenvalue weighted by atomic mass is 10.1. The normalized spacial score (nSPS) is 20.2. The summed E-state index contributed by atoms with van der Waals surface area (Å²) in [5, 5.41) is 11.4. The van der Waals surface area contributed by atoms with Gasteiger partial charge < -0.3 is 14.7 Å². The average molecular weight is 485 g/mol. The van der Waals surface area contributed by atoms with Crippen LogP contribution >= 0.6 is 0 Å². The van der Waals surface area contributed by atoms with Crippen LogP contribution in [-0.4, -0.2) is 73.4 Å². The van der Waals surface area contributed by atoms with E-state index in [0.29, 0.717) is 6.07 Å². The minimum absolute atomic E-state index is 0.0360. The van der Waals surface area contributed by atoms with Crippen LogP contribution in [-0.2, 0) is 21.0 Å². The van der Waals surface area contributed by atoms with E-state index in [9.17, 15) is 36.5 Å². The highest BCUT2D eigenvalue weighted by Crippen LogP contribution is 2.37. The van der Waals surface area contributed by atoms with Gasteiger partial charge in [-0.25, -0.2) is 8.42 Å². The number of carbonyl (C=O) groups is 1. The van der Waals surface area contributed by atoms with Crippen molar-refractivity contribution in [1.29, 1.82) is 0 Å². The molecule has 10 nitrogen and oxygen atoms in total. The van der Waals surface area contributed by atoms with Gasteiger partial charge in [-0.1, -0.05) is 0 Å². The Morgan fingerprint density at radius 3 is 2.45 bits per heavy atom. The molecule has 3 heterocycles. The summed E-state index contributed by atoms with van der Waals surface area (Å²) in [5.41, 5.74) is -1.62. The molecule has 33 heavy (non-hydrogen) atoms. The molecule has 0 saturated carbocycles. The number of fused-ring (bicyclic) bond motifs is 1. The van der Waals surface area contributed by atoms with E-state index in [1.807, 2.05) is 0 Å². The molecular formula is C19H18F3N5O5S. The highest BCUT2D eigenvalue weighted by Gasteiger charge is 2.36. The number of sulfonamides is 1. The highest BCUT2D eigenvalue weighted by atomic mass is 32.2. The maximum absolute atomic E-state index is 13.1. The Morgan fingerprint density at radius 1 is 1.12 bits per heavy atom. The maximum atomic E-state index is 13.1. The molecule has 0 bridgehead atoms. The second-order valence-corrected chi connectivity index (χ2v) is 9.31. The number of amides is 1. The molecular weight excluding hydrogens is 467 g/mol. The molecule has 1 fully saturated rings. The summed E-state index contributed by atoms with van der Waals surface area (Å²) in [6.45, 7) is 0.745. The fraction of sp³-hybridized carbons (Fsp3) is 0.368. The first-order chi connectivity index (χ1) is 15.5. The van der Waals surface area contributed by atoms with E-state index < -0.39 is 38.3 Å². The summed E-state index contributed by atoms with van der Waals surface area (Å²) in [4.78, 5) is 28.2. The zero-order valence-electron chi connectivity index (χ0n) is 17.0. The van der Waals surface area contributed by atoms with Gasteiger partial charge in [-0.2, -0.15) is 13.2 Å². The number of hydrogen-bond donors (Lipinski definition) is 0. The molecule has 1 aromatic carbocycles. The van der Waals surface area contributed by atoms with Gasteiger partial charge in [0.15, 0.2) is 5.84 Å². The monoisotopic (exact) mass is 485 g/mol. The van der Waals surface area contributed by atoms with E-state index >= 15 is 0 Å². The van der Waals surface area contributed by atoms with Crippen molar-refractivity contribution in [3.63, 3.8) is 0 Å². The average Bonchev–Trinajstić information content (AvgIpc) is 2.76. The van der Waals surface area contributed by atoms with E-state index in [-0.39, 0.29) is 55.6 Å². The number of nitro benzene ring substituents is 1. The molecule has 176 valence electrons. The summed E-state index contributed by atoms with van der Waals surface area (Å²) >= 11 is 0. The molecule has 0 atom stereocenters. The Bertz CT molecular complexity index is 1200. The molecule has 4 rings (SSSR count). The van der Waals surface area contributed by atoms with Gasteiger partial charge in [0.25, 0.3) is 21.6 Å². The first-order valence-electron chi connectivity index (χ1n) is 9.84. The Morgan fingerprint density at radius 2 is 1.82 bits per heavy atom. The third-order valence-electron chi connectivity index (χ3n) is 5.49. The van der Waals surface area contributed by atoms with Crippen molar-refractivity contribution in [2.45, 2.75) is 6.18 Å². The number of piperazine rings is 1. The molecule has 3 aliphatic heterocycles. The summed E-state index contributed by atoms with van der Waals surface area (Å²) in [6.07, 6.45) is 0.0172. The van der Waals surface area contributed by atoms with Crippen LogP contribution in [0.3, 0.4) is 0 Å². The summed E-state index contributed by atoms with van der Waals surface area (Å²) < 4.78 is 66.4. The van der Waals surface area contributed by atoms with E-state index in [1.165, 1.54) is 11.0 Å². The van der Waals surface area contributed by atoms with Crippen molar-refractivity contribution >= 4 is 33.1 Å². The molecule has 0 N–H and O–H groups in total. The fourth-order valence-electron chi connectivity index (χ4n) is 3.82. The molecule has 1 saturated heterocycles. The first-order valence-corrected chi connectivity index (χ1v) is 11.5. The molecule has 0 radical (unpaired) electrons. The van der Waals surface area contributed by atoms with Gasteiger partial charge in [0.05, 0.1) is 21.8 Å². The number of hydrogen-bond acceptors (Lipinski definition) is 7. The number of nitrogens with zero attached hydrogens (tertiary/aromatic N) is 5. The molecule has 1 amide bonds. The van der Waals surface area contributed by atoms with Crippen LogP contribution in [0.2, 0.25) is 0 Å². The molecule has 14 heteroatoms. The van der Waals surface area contributed by atoms with E-state index in [1.54, 1.807) is 22.1 Å². The van der Waals surface area contributed by atoms with Crippen molar-refractivity contribution in [2.24, 2.45) is 4.40 Å². The molecule has 3 aliphatic rings. The number of anilines is 1. The Labute approximate surface area is 186 Å². The molecule has 0 aromatic heterocycles. The lowest BCUT2D eigenvalue weighted by molar-refractivity contribution is -0.384. The van der Waals surface area contributed by atoms with Crippen LogP contribution in [0.4, 0.5) is 24.5 Å². The number of allylic oxidation sites excluding steroid dienone is 2. The second-order valence-electron chi connectivity index (χ2n) is 7.55. The summed E-state index contributed by atoms with van der Waals surface area (Å²) in [5.74, 6) is -0.552. The van der Waals surface area contributed by atoms with Gasteiger partial charge in [0.2, 0.25) is 0 Å². The van der Waals surface area contributed by atoms with Crippen molar-refractivity contribution in [2.75, 3.05) is 43.4 Å².